The number of esters is 1. The molecular weight excluding hydrogens is 400 g/mol. The minimum atomic E-state index is -0.401. The number of aromatic nitrogens is 2. The summed E-state index contributed by atoms with van der Waals surface area (Å²) in [6.07, 6.45) is 1.73. The molecule has 1 fully saturated rings. The maximum Gasteiger partial charge on any atom is 0.337 e. The van der Waals surface area contributed by atoms with Gasteiger partial charge < -0.3 is 15.0 Å². The number of hydrogen-bond donors (Lipinski definition) is 1. The lowest BCUT2D eigenvalue weighted by atomic mass is 9.97. The van der Waals surface area contributed by atoms with E-state index >= 15 is 0 Å². The Hall–Kier alpha value is -3.26. The van der Waals surface area contributed by atoms with E-state index in [9.17, 15) is 9.59 Å². The summed E-state index contributed by atoms with van der Waals surface area (Å²) in [6.45, 7) is 1.45. The predicted octanol–water partition coefficient (Wildman–Crippen LogP) is 3.85. The number of benzene rings is 1. The summed E-state index contributed by atoms with van der Waals surface area (Å²) in [5, 5.41) is 13.7. The van der Waals surface area contributed by atoms with Gasteiger partial charge in [-0.1, -0.05) is 6.07 Å². The Balaban J connectivity index is 1.38. The second-order valence-electron chi connectivity index (χ2n) is 7.10. The number of carbonyl (C=O) groups is 2. The zero-order valence-corrected chi connectivity index (χ0v) is 17.4. The third kappa shape index (κ3) is 4.49. The van der Waals surface area contributed by atoms with Gasteiger partial charge in [0, 0.05) is 18.8 Å². The summed E-state index contributed by atoms with van der Waals surface area (Å²) in [5.74, 6) is 0.212. The molecule has 3 heterocycles. The number of hydrogen-bond acceptors (Lipinski definition) is 7. The van der Waals surface area contributed by atoms with E-state index in [1.165, 1.54) is 7.11 Å². The molecule has 1 amide bonds. The van der Waals surface area contributed by atoms with E-state index in [0.717, 1.165) is 35.8 Å². The lowest BCUT2D eigenvalue weighted by Crippen LogP contribution is -2.41. The molecule has 1 saturated heterocycles. The van der Waals surface area contributed by atoms with E-state index in [4.69, 9.17) is 4.74 Å². The topological polar surface area (TPSA) is 84.4 Å². The van der Waals surface area contributed by atoms with Gasteiger partial charge in [0.15, 0.2) is 5.82 Å². The Labute approximate surface area is 178 Å². The highest BCUT2D eigenvalue weighted by atomic mass is 32.1. The van der Waals surface area contributed by atoms with Crippen molar-refractivity contribution in [1.29, 1.82) is 0 Å². The van der Waals surface area contributed by atoms with Crippen molar-refractivity contribution in [2.45, 2.75) is 12.8 Å². The van der Waals surface area contributed by atoms with Crippen LogP contribution in [0.3, 0.4) is 0 Å². The maximum absolute atomic E-state index is 12.8. The molecule has 1 aliphatic rings. The van der Waals surface area contributed by atoms with Crippen molar-refractivity contribution in [1.82, 2.24) is 10.2 Å². The summed E-state index contributed by atoms with van der Waals surface area (Å²) in [6, 6.07) is 14.6. The van der Waals surface area contributed by atoms with Crippen LogP contribution in [0.15, 0.2) is 53.9 Å². The number of methoxy groups -OCH3 is 1. The number of anilines is 2. The van der Waals surface area contributed by atoms with Crippen LogP contribution >= 0.6 is 11.3 Å². The SMILES string of the molecule is COC(=O)c1ccc(NC(=O)[C@@H]2CCCN(c3ccc(-c4cccs4)nn3)C2)cc1. The number of thiophene rings is 1. The van der Waals surface area contributed by atoms with Gasteiger partial charge >= 0.3 is 5.97 Å². The molecular formula is C22H22N4O3S. The van der Waals surface area contributed by atoms with Gasteiger partial charge in [0.05, 0.1) is 23.5 Å². The maximum atomic E-state index is 12.8. The van der Waals surface area contributed by atoms with Gasteiger partial charge in [-0.2, -0.15) is 0 Å². The molecule has 2 aromatic heterocycles. The summed E-state index contributed by atoms with van der Waals surface area (Å²) < 4.78 is 4.69. The fourth-order valence-electron chi connectivity index (χ4n) is 3.50. The van der Waals surface area contributed by atoms with Gasteiger partial charge in [-0.25, -0.2) is 4.79 Å². The molecule has 1 N–H and O–H groups in total. The third-order valence-electron chi connectivity index (χ3n) is 5.11. The third-order valence-corrected chi connectivity index (χ3v) is 6.01. The van der Waals surface area contributed by atoms with Crippen LogP contribution in [0.2, 0.25) is 0 Å². The number of ether oxygens (including phenoxy) is 1. The smallest absolute Gasteiger partial charge is 0.337 e. The first-order chi connectivity index (χ1) is 14.6. The molecule has 0 radical (unpaired) electrons. The first-order valence-corrected chi connectivity index (χ1v) is 10.6. The minimum Gasteiger partial charge on any atom is -0.465 e. The summed E-state index contributed by atoms with van der Waals surface area (Å²) in [7, 11) is 1.34. The number of amides is 1. The van der Waals surface area contributed by atoms with Crippen LogP contribution < -0.4 is 10.2 Å². The molecule has 1 atom stereocenters. The lowest BCUT2D eigenvalue weighted by Gasteiger charge is -2.32. The fourth-order valence-corrected chi connectivity index (χ4v) is 4.19. The Morgan fingerprint density at radius 2 is 1.97 bits per heavy atom. The molecule has 1 aliphatic heterocycles. The number of rotatable bonds is 5. The quantitative estimate of drug-likeness (QED) is 0.629. The Morgan fingerprint density at radius 1 is 1.13 bits per heavy atom. The van der Waals surface area contributed by atoms with Crippen molar-refractivity contribution in [3.63, 3.8) is 0 Å². The molecule has 4 rings (SSSR count). The minimum absolute atomic E-state index is 0.0336. The molecule has 8 heteroatoms. The van der Waals surface area contributed by atoms with Crippen LogP contribution in [0.1, 0.15) is 23.2 Å². The highest BCUT2D eigenvalue weighted by Gasteiger charge is 2.27. The van der Waals surface area contributed by atoms with Gasteiger partial charge in [-0.05, 0) is 60.7 Å². The fraction of sp³-hybridized carbons (Fsp3) is 0.273. The lowest BCUT2D eigenvalue weighted by molar-refractivity contribution is -0.120. The van der Waals surface area contributed by atoms with Crippen LogP contribution in [-0.4, -0.2) is 42.3 Å². The molecule has 0 unspecified atom stereocenters. The number of piperidine rings is 1. The predicted molar refractivity (Wildman–Crippen MR) is 117 cm³/mol. The number of nitrogens with one attached hydrogen (secondary N) is 1. The highest BCUT2D eigenvalue weighted by Crippen LogP contribution is 2.26. The normalized spacial score (nSPS) is 16.2. The van der Waals surface area contributed by atoms with Gasteiger partial charge in [0.2, 0.25) is 5.91 Å². The summed E-state index contributed by atoms with van der Waals surface area (Å²) in [4.78, 5) is 27.5. The second kappa shape index (κ2) is 9.04. The number of carbonyl (C=O) groups excluding carboxylic acids is 2. The molecule has 1 aromatic carbocycles. The average Bonchev–Trinajstić information content (AvgIpc) is 3.34. The Kier molecular flexibility index (Phi) is 6.04. The molecule has 0 saturated carbocycles. The molecule has 3 aromatic rings. The average molecular weight is 423 g/mol. The molecule has 0 aliphatic carbocycles. The second-order valence-corrected chi connectivity index (χ2v) is 8.05. The van der Waals surface area contributed by atoms with E-state index in [1.807, 2.05) is 29.6 Å². The largest absolute Gasteiger partial charge is 0.465 e. The van der Waals surface area contributed by atoms with Gasteiger partial charge in [0.1, 0.15) is 5.69 Å². The van der Waals surface area contributed by atoms with Crippen LogP contribution in [0.25, 0.3) is 10.6 Å². The van der Waals surface area contributed by atoms with Crippen LogP contribution in [-0.2, 0) is 9.53 Å². The van der Waals surface area contributed by atoms with Gasteiger partial charge in [0.25, 0.3) is 0 Å². The number of nitrogens with zero attached hydrogens (tertiary/aromatic N) is 3. The Bertz CT molecular complexity index is 1000. The standard InChI is InChI=1S/C22H22N4O3S/c1-29-22(28)15-6-8-17(9-7-15)23-21(27)16-4-2-12-26(14-16)20-11-10-18(24-25-20)19-5-3-13-30-19/h3,5-11,13,16H,2,4,12,14H2,1H3,(H,23,27)/t16-/m1/s1. The first kappa shape index (κ1) is 20.0. The van der Waals surface area contributed by atoms with Gasteiger partial charge in [-0.3, -0.25) is 4.79 Å². The van der Waals surface area contributed by atoms with Crippen molar-refractivity contribution in [2.75, 3.05) is 30.4 Å². The molecule has 7 nitrogen and oxygen atoms in total. The van der Waals surface area contributed by atoms with Crippen molar-refractivity contribution in [3.05, 3.63) is 59.5 Å². The van der Waals surface area contributed by atoms with E-state index in [-0.39, 0.29) is 11.8 Å². The van der Waals surface area contributed by atoms with Crippen LogP contribution in [0.5, 0.6) is 0 Å². The van der Waals surface area contributed by atoms with Crippen molar-refractivity contribution < 1.29 is 14.3 Å². The van der Waals surface area contributed by atoms with Crippen molar-refractivity contribution >= 4 is 34.7 Å². The first-order valence-electron chi connectivity index (χ1n) is 9.76. The summed E-state index contributed by atoms with van der Waals surface area (Å²) in [5.41, 5.74) is 1.96. The molecule has 0 spiro atoms. The molecule has 154 valence electrons. The van der Waals surface area contributed by atoms with E-state index in [0.29, 0.717) is 17.8 Å². The zero-order valence-electron chi connectivity index (χ0n) is 16.6. The van der Waals surface area contributed by atoms with E-state index < -0.39 is 5.97 Å². The van der Waals surface area contributed by atoms with E-state index in [2.05, 4.69) is 20.4 Å². The molecule has 0 bridgehead atoms. The summed E-state index contributed by atoms with van der Waals surface area (Å²) >= 11 is 1.63. The van der Waals surface area contributed by atoms with Crippen LogP contribution in [0.4, 0.5) is 11.5 Å². The van der Waals surface area contributed by atoms with Crippen LogP contribution in [0, 0.1) is 5.92 Å². The van der Waals surface area contributed by atoms with E-state index in [1.54, 1.807) is 35.6 Å². The monoisotopic (exact) mass is 422 g/mol. The molecule has 30 heavy (non-hydrogen) atoms. The van der Waals surface area contributed by atoms with Gasteiger partial charge in [-0.15, -0.1) is 21.5 Å². The van der Waals surface area contributed by atoms with Crippen molar-refractivity contribution in [3.8, 4) is 10.6 Å². The Morgan fingerprint density at radius 3 is 2.63 bits per heavy atom. The zero-order chi connectivity index (χ0) is 20.9. The highest BCUT2D eigenvalue weighted by molar-refractivity contribution is 7.13. The van der Waals surface area contributed by atoms with Crippen molar-refractivity contribution in [2.24, 2.45) is 5.92 Å².